The van der Waals surface area contributed by atoms with Crippen LogP contribution in [0.3, 0.4) is 0 Å². The second-order valence-electron chi connectivity index (χ2n) is 5.56. The lowest BCUT2D eigenvalue weighted by atomic mass is 10.1. The molecule has 0 radical (unpaired) electrons. The average Bonchev–Trinajstić information content (AvgIpc) is 3.02. The Hall–Kier alpha value is -1.99. The predicted molar refractivity (Wildman–Crippen MR) is 80.3 cm³/mol. The summed E-state index contributed by atoms with van der Waals surface area (Å²) in [5, 5.41) is 3.91. The van der Waals surface area contributed by atoms with Gasteiger partial charge in [-0.15, -0.1) is 0 Å². The van der Waals surface area contributed by atoms with Gasteiger partial charge in [0, 0.05) is 20.2 Å². The molecule has 2 heterocycles. The summed E-state index contributed by atoms with van der Waals surface area (Å²) < 4.78 is 28.9. The van der Waals surface area contributed by atoms with Crippen LogP contribution in [0.15, 0.2) is 28.8 Å². The lowest BCUT2D eigenvalue weighted by Crippen LogP contribution is -2.36. The monoisotopic (exact) mass is 321 g/mol. The molecule has 1 saturated heterocycles. The molecule has 2 aromatic rings. The number of piperidine rings is 1. The van der Waals surface area contributed by atoms with Crippen molar-refractivity contribution >= 4 is 0 Å². The minimum absolute atomic E-state index is 0.195. The molecule has 1 fully saturated rings. The summed E-state index contributed by atoms with van der Waals surface area (Å²) in [5.74, 6) is 1.34. The van der Waals surface area contributed by atoms with Gasteiger partial charge >= 0.3 is 0 Å². The average molecular weight is 321 g/mol. The zero-order valence-electron chi connectivity index (χ0n) is 13.1. The molecule has 1 aliphatic heterocycles. The molecule has 3 rings (SSSR count). The van der Waals surface area contributed by atoms with E-state index in [1.807, 2.05) is 0 Å². The third-order valence-electron chi connectivity index (χ3n) is 3.92. The maximum Gasteiger partial charge on any atom is 0.240 e. The molecule has 23 heavy (non-hydrogen) atoms. The Morgan fingerprint density at radius 2 is 2.00 bits per heavy atom. The highest BCUT2D eigenvalue weighted by atomic mass is 19.1. The van der Waals surface area contributed by atoms with Gasteiger partial charge < -0.3 is 14.0 Å². The fraction of sp³-hybridized carbons (Fsp3) is 0.500. The smallest absolute Gasteiger partial charge is 0.240 e. The first kappa shape index (κ1) is 15.9. The Labute approximate surface area is 134 Å². The number of halogens is 1. The van der Waals surface area contributed by atoms with Gasteiger partial charge in [-0.1, -0.05) is 5.16 Å². The van der Waals surface area contributed by atoms with Crippen LogP contribution in [-0.4, -0.2) is 41.3 Å². The van der Waals surface area contributed by atoms with Gasteiger partial charge in [-0.2, -0.15) is 4.98 Å². The molecule has 0 aliphatic carbocycles. The molecule has 0 bridgehead atoms. The maximum absolute atomic E-state index is 12.8. The summed E-state index contributed by atoms with van der Waals surface area (Å²) >= 11 is 0. The van der Waals surface area contributed by atoms with Crippen LogP contribution < -0.4 is 4.74 Å². The maximum atomic E-state index is 12.8. The van der Waals surface area contributed by atoms with Crippen molar-refractivity contribution in [3.8, 4) is 5.75 Å². The van der Waals surface area contributed by atoms with E-state index < -0.39 is 0 Å². The Kier molecular flexibility index (Phi) is 5.19. The first-order chi connectivity index (χ1) is 11.2. The minimum atomic E-state index is -0.295. The summed E-state index contributed by atoms with van der Waals surface area (Å²) in [7, 11) is 1.76. The molecule has 6 nitrogen and oxygen atoms in total. The van der Waals surface area contributed by atoms with Gasteiger partial charge in [0.15, 0.2) is 6.61 Å². The van der Waals surface area contributed by atoms with Gasteiger partial charge in [-0.3, -0.25) is 4.90 Å². The van der Waals surface area contributed by atoms with Crippen molar-refractivity contribution in [2.45, 2.75) is 32.1 Å². The number of aromatic nitrogens is 2. The summed E-state index contributed by atoms with van der Waals surface area (Å²) in [6.07, 6.45) is 2.39. The molecule has 124 valence electrons. The van der Waals surface area contributed by atoms with E-state index >= 15 is 0 Å². The zero-order chi connectivity index (χ0) is 16.1. The SMILES string of the molecule is COC1CCN(Cc2nc(COc3ccc(F)cc3)no2)CC1. The van der Waals surface area contributed by atoms with Crippen LogP contribution in [0.5, 0.6) is 5.75 Å². The fourth-order valence-electron chi connectivity index (χ4n) is 2.59. The van der Waals surface area contributed by atoms with E-state index in [9.17, 15) is 4.39 Å². The van der Waals surface area contributed by atoms with E-state index in [1.54, 1.807) is 19.2 Å². The molecule has 0 N–H and O–H groups in total. The number of ether oxygens (including phenoxy) is 2. The lowest BCUT2D eigenvalue weighted by molar-refractivity contribution is 0.0359. The summed E-state index contributed by atoms with van der Waals surface area (Å²) in [5.41, 5.74) is 0. The first-order valence-electron chi connectivity index (χ1n) is 7.68. The number of methoxy groups -OCH3 is 1. The van der Waals surface area contributed by atoms with E-state index in [0.29, 0.717) is 30.1 Å². The number of rotatable bonds is 6. The van der Waals surface area contributed by atoms with Crippen LogP contribution in [0.25, 0.3) is 0 Å². The lowest BCUT2D eigenvalue weighted by Gasteiger charge is -2.29. The second kappa shape index (κ2) is 7.52. The van der Waals surface area contributed by atoms with Gasteiger partial charge in [0.25, 0.3) is 0 Å². The molecular formula is C16H20FN3O3. The molecule has 1 aliphatic rings. The third-order valence-corrected chi connectivity index (χ3v) is 3.92. The van der Waals surface area contributed by atoms with Crippen molar-refractivity contribution in [1.29, 1.82) is 0 Å². The molecule has 0 saturated carbocycles. The molecule has 7 heteroatoms. The van der Waals surface area contributed by atoms with E-state index in [2.05, 4.69) is 15.0 Å². The van der Waals surface area contributed by atoms with E-state index in [1.165, 1.54) is 12.1 Å². The Balaban J connectivity index is 1.47. The molecule has 0 spiro atoms. The summed E-state index contributed by atoms with van der Waals surface area (Å²) in [6.45, 7) is 2.76. The molecule has 0 unspecified atom stereocenters. The summed E-state index contributed by atoms with van der Waals surface area (Å²) in [6, 6.07) is 5.83. The van der Waals surface area contributed by atoms with Crippen LogP contribution >= 0.6 is 0 Å². The van der Waals surface area contributed by atoms with Gasteiger partial charge in [0.05, 0.1) is 12.6 Å². The molecule has 0 amide bonds. The second-order valence-corrected chi connectivity index (χ2v) is 5.56. The van der Waals surface area contributed by atoms with Crippen molar-refractivity contribution in [2.24, 2.45) is 0 Å². The topological polar surface area (TPSA) is 60.6 Å². The van der Waals surface area contributed by atoms with Gasteiger partial charge in [0.2, 0.25) is 11.7 Å². The van der Waals surface area contributed by atoms with Crippen LogP contribution in [-0.2, 0) is 17.9 Å². The zero-order valence-corrected chi connectivity index (χ0v) is 13.1. The molecule has 0 atom stereocenters. The van der Waals surface area contributed by atoms with Crippen LogP contribution in [0.1, 0.15) is 24.6 Å². The van der Waals surface area contributed by atoms with Crippen molar-refractivity contribution in [1.82, 2.24) is 15.0 Å². The predicted octanol–water partition coefficient (Wildman–Crippen LogP) is 2.40. The van der Waals surface area contributed by atoms with Crippen molar-refractivity contribution in [3.05, 3.63) is 41.8 Å². The van der Waals surface area contributed by atoms with E-state index in [-0.39, 0.29) is 12.4 Å². The van der Waals surface area contributed by atoms with Crippen LogP contribution in [0, 0.1) is 5.82 Å². The number of nitrogens with zero attached hydrogens (tertiary/aromatic N) is 3. The number of hydrogen-bond acceptors (Lipinski definition) is 6. The van der Waals surface area contributed by atoms with Crippen LogP contribution in [0.4, 0.5) is 4.39 Å². The first-order valence-corrected chi connectivity index (χ1v) is 7.68. The molecular weight excluding hydrogens is 301 g/mol. The normalized spacial score (nSPS) is 16.6. The third kappa shape index (κ3) is 4.49. The Bertz CT molecular complexity index is 609. The highest BCUT2D eigenvalue weighted by Crippen LogP contribution is 2.16. The largest absolute Gasteiger partial charge is 0.485 e. The van der Waals surface area contributed by atoms with Crippen LogP contribution in [0.2, 0.25) is 0 Å². The summed E-state index contributed by atoms with van der Waals surface area (Å²) in [4.78, 5) is 6.60. The standard InChI is InChI=1S/C16H20FN3O3/c1-21-13-6-8-20(9-7-13)10-16-18-15(19-23-16)11-22-14-4-2-12(17)3-5-14/h2-5,13H,6-11H2,1H3. The van der Waals surface area contributed by atoms with Crippen molar-refractivity contribution < 1.29 is 18.4 Å². The Morgan fingerprint density at radius 1 is 1.26 bits per heavy atom. The quantitative estimate of drug-likeness (QED) is 0.814. The molecule has 1 aromatic carbocycles. The van der Waals surface area contributed by atoms with Gasteiger partial charge in [-0.25, -0.2) is 4.39 Å². The molecule has 1 aromatic heterocycles. The fourth-order valence-corrected chi connectivity index (χ4v) is 2.59. The van der Waals surface area contributed by atoms with Crippen molar-refractivity contribution in [3.63, 3.8) is 0 Å². The minimum Gasteiger partial charge on any atom is -0.485 e. The number of likely N-dealkylation sites (tertiary alicyclic amines) is 1. The highest BCUT2D eigenvalue weighted by Gasteiger charge is 2.20. The Morgan fingerprint density at radius 3 is 2.70 bits per heavy atom. The van der Waals surface area contributed by atoms with E-state index in [0.717, 1.165) is 25.9 Å². The number of benzene rings is 1. The van der Waals surface area contributed by atoms with Gasteiger partial charge in [-0.05, 0) is 37.1 Å². The van der Waals surface area contributed by atoms with Gasteiger partial charge in [0.1, 0.15) is 11.6 Å². The van der Waals surface area contributed by atoms with E-state index in [4.69, 9.17) is 14.0 Å². The highest BCUT2D eigenvalue weighted by molar-refractivity contribution is 5.22. The van der Waals surface area contributed by atoms with Crippen molar-refractivity contribution in [2.75, 3.05) is 20.2 Å². The number of hydrogen-bond donors (Lipinski definition) is 0.